The van der Waals surface area contributed by atoms with Gasteiger partial charge in [-0.3, -0.25) is 4.99 Å². The van der Waals surface area contributed by atoms with Gasteiger partial charge in [0, 0.05) is 12.0 Å². The Morgan fingerprint density at radius 2 is 2.00 bits per heavy atom. The largest absolute Gasteiger partial charge is 0.462 e. The van der Waals surface area contributed by atoms with Crippen LogP contribution in [0, 0.1) is 6.92 Å². The van der Waals surface area contributed by atoms with Crippen LogP contribution in [0.2, 0.25) is 0 Å². The van der Waals surface area contributed by atoms with Crippen molar-refractivity contribution >= 4 is 47.2 Å². The van der Waals surface area contributed by atoms with Crippen molar-refractivity contribution in [1.82, 2.24) is 15.6 Å². The Labute approximate surface area is 200 Å². The number of halogens is 1. The third kappa shape index (κ3) is 5.94. The molecule has 0 saturated heterocycles. The molecule has 1 aliphatic carbocycles. The van der Waals surface area contributed by atoms with Gasteiger partial charge >= 0.3 is 5.97 Å². The molecule has 1 aliphatic rings. The van der Waals surface area contributed by atoms with E-state index in [0.29, 0.717) is 17.2 Å². The summed E-state index contributed by atoms with van der Waals surface area (Å²) < 4.78 is 5.12. The second-order valence-corrected chi connectivity index (χ2v) is 8.43. The van der Waals surface area contributed by atoms with Crippen LogP contribution in [0.4, 0.5) is 0 Å². The summed E-state index contributed by atoms with van der Waals surface area (Å²) in [6.07, 6.45) is 2.34. The molecule has 1 heterocycles. The van der Waals surface area contributed by atoms with Crippen molar-refractivity contribution in [2.45, 2.75) is 52.0 Å². The fourth-order valence-corrected chi connectivity index (χ4v) is 4.25. The van der Waals surface area contributed by atoms with Crippen LogP contribution < -0.4 is 10.6 Å². The number of carbonyl (C=O) groups is 1. The lowest BCUT2D eigenvalue weighted by molar-refractivity contribution is 0.0531. The van der Waals surface area contributed by atoms with E-state index in [1.54, 1.807) is 6.92 Å². The zero-order chi connectivity index (χ0) is 20.9. The van der Waals surface area contributed by atoms with Gasteiger partial charge < -0.3 is 15.4 Å². The number of aliphatic imine (C=N–C) groups is 1. The van der Waals surface area contributed by atoms with E-state index in [4.69, 9.17) is 9.73 Å². The number of nitrogens with zero attached hydrogens (tertiary/aromatic N) is 2. The lowest BCUT2D eigenvalue weighted by atomic mass is 9.96. The van der Waals surface area contributed by atoms with Crippen molar-refractivity contribution in [3.8, 4) is 0 Å². The van der Waals surface area contributed by atoms with Crippen molar-refractivity contribution < 1.29 is 9.53 Å². The second kappa shape index (κ2) is 11.1. The van der Waals surface area contributed by atoms with Gasteiger partial charge in [0.2, 0.25) is 0 Å². The highest BCUT2D eigenvalue weighted by atomic mass is 127. The van der Waals surface area contributed by atoms with Crippen molar-refractivity contribution in [2.24, 2.45) is 4.99 Å². The number of aromatic nitrogens is 1. The molecule has 0 amide bonds. The van der Waals surface area contributed by atoms with Crippen LogP contribution in [-0.2, 0) is 10.2 Å². The molecule has 8 heteroatoms. The SMILES string of the molecule is CCNC(=NCC1(c2ccccc2)CC1)NC(C)c1nc(C)c(C(=O)OCC)s1.I. The van der Waals surface area contributed by atoms with Gasteiger partial charge in [0.15, 0.2) is 5.96 Å². The third-order valence-electron chi connectivity index (χ3n) is 5.12. The molecule has 1 saturated carbocycles. The monoisotopic (exact) mass is 542 g/mol. The van der Waals surface area contributed by atoms with Gasteiger partial charge in [-0.2, -0.15) is 0 Å². The summed E-state index contributed by atoms with van der Waals surface area (Å²) in [7, 11) is 0. The van der Waals surface area contributed by atoms with Gasteiger partial charge in [0.25, 0.3) is 0 Å². The van der Waals surface area contributed by atoms with Crippen LogP contribution in [0.25, 0.3) is 0 Å². The number of nitrogens with one attached hydrogen (secondary N) is 2. The first-order valence-corrected chi connectivity index (χ1v) is 11.1. The molecule has 0 aliphatic heterocycles. The van der Waals surface area contributed by atoms with Crippen LogP contribution in [0.1, 0.15) is 65.6 Å². The van der Waals surface area contributed by atoms with E-state index in [1.807, 2.05) is 13.8 Å². The van der Waals surface area contributed by atoms with Crippen LogP contribution in [0.5, 0.6) is 0 Å². The molecule has 1 aromatic carbocycles. The molecule has 2 N–H and O–H groups in total. The molecular formula is C22H31IN4O2S. The lowest BCUT2D eigenvalue weighted by Crippen LogP contribution is -2.39. The van der Waals surface area contributed by atoms with Gasteiger partial charge in [0.1, 0.15) is 9.88 Å². The molecule has 1 unspecified atom stereocenters. The first kappa shape index (κ1) is 24.6. The molecule has 0 bridgehead atoms. The zero-order valence-corrected chi connectivity index (χ0v) is 21.2. The van der Waals surface area contributed by atoms with E-state index >= 15 is 0 Å². The fraction of sp³-hybridized carbons (Fsp3) is 0.500. The van der Waals surface area contributed by atoms with E-state index in [2.05, 4.69) is 52.9 Å². The highest BCUT2D eigenvalue weighted by molar-refractivity contribution is 14.0. The van der Waals surface area contributed by atoms with E-state index in [-0.39, 0.29) is 41.4 Å². The minimum atomic E-state index is -0.305. The summed E-state index contributed by atoms with van der Waals surface area (Å²) in [5.41, 5.74) is 2.24. The van der Waals surface area contributed by atoms with Gasteiger partial charge in [-0.25, -0.2) is 9.78 Å². The summed E-state index contributed by atoms with van der Waals surface area (Å²) in [6, 6.07) is 10.6. The number of thiazole rings is 1. The lowest BCUT2D eigenvalue weighted by Gasteiger charge is -2.18. The smallest absolute Gasteiger partial charge is 0.350 e. The van der Waals surface area contributed by atoms with E-state index in [9.17, 15) is 4.79 Å². The zero-order valence-electron chi connectivity index (χ0n) is 18.0. The summed E-state index contributed by atoms with van der Waals surface area (Å²) in [6.45, 7) is 9.63. The van der Waals surface area contributed by atoms with Crippen molar-refractivity contribution in [1.29, 1.82) is 0 Å². The number of hydrogen-bond donors (Lipinski definition) is 2. The minimum Gasteiger partial charge on any atom is -0.462 e. The number of carbonyl (C=O) groups excluding carboxylic acids is 1. The van der Waals surface area contributed by atoms with Gasteiger partial charge in [0.05, 0.1) is 24.9 Å². The molecule has 0 radical (unpaired) electrons. The quantitative estimate of drug-likeness (QED) is 0.221. The van der Waals surface area contributed by atoms with E-state index in [0.717, 1.165) is 24.1 Å². The number of ether oxygens (including phenoxy) is 1. The van der Waals surface area contributed by atoms with Crippen molar-refractivity contribution in [3.63, 3.8) is 0 Å². The Bertz CT molecular complexity index is 865. The number of esters is 1. The maximum Gasteiger partial charge on any atom is 0.350 e. The van der Waals surface area contributed by atoms with Gasteiger partial charge in [-0.15, -0.1) is 35.3 Å². The predicted molar refractivity (Wildman–Crippen MR) is 133 cm³/mol. The Kier molecular flexibility index (Phi) is 9.09. The third-order valence-corrected chi connectivity index (χ3v) is 6.44. The van der Waals surface area contributed by atoms with Crippen LogP contribution in [0.3, 0.4) is 0 Å². The van der Waals surface area contributed by atoms with Crippen LogP contribution in [0.15, 0.2) is 35.3 Å². The summed E-state index contributed by atoms with van der Waals surface area (Å²) >= 11 is 1.38. The molecule has 2 aromatic rings. The topological polar surface area (TPSA) is 75.6 Å². The fourth-order valence-electron chi connectivity index (χ4n) is 3.29. The molecule has 3 rings (SSSR count). The van der Waals surface area contributed by atoms with E-state index < -0.39 is 0 Å². The average molecular weight is 542 g/mol. The Balaban J connectivity index is 0.00000320. The Morgan fingerprint density at radius 1 is 1.30 bits per heavy atom. The highest BCUT2D eigenvalue weighted by Gasteiger charge is 2.44. The van der Waals surface area contributed by atoms with Gasteiger partial charge in [-0.1, -0.05) is 30.3 Å². The predicted octanol–water partition coefficient (Wildman–Crippen LogP) is 4.59. The van der Waals surface area contributed by atoms with Crippen molar-refractivity contribution in [2.75, 3.05) is 19.7 Å². The average Bonchev–Trinajstić information content (AvgIpc) is 3.41. The molecule has 6 nitrogen and oxygen atoms in total. The molecule has 164 valence electrons. The van der Waals surface area contributed by atoms with Crippen LogP contribution >= 0.6 is 35.3 Å². The highest BCUT2D eigenvalue weighted by Crippen LogP contribution is 2.48. The minimum absolute atomic E-state index is 0. The maximum atomic E-state index is 12.1. The number of guanidine groups is 1. The first-order chi connectivity index (χ1) is 14.0. The number of hydrogen-bond acceptors (Lipinski definition) is 5. The first-order valence-electron chi connectivity index (χ1n) is 10.2. The summed E-state index contributed by atoms with van der Waals surface area (Å²) in [5.74, 6) is 0.466. The Hall–Kier alpha value is -1.68. The molecule has 30 heavy (non-hydrogen) atoms. The van der Waals surface area contributed by atoms with E-state index in [1.165, 1.54) is 29.7 Å². The molecule has 1 aromatic heterocycles. The van der Waals surface area contributed by atoms with Crippen molar-refractivity contribution in [3.05, 3.63) is 51.5 Å². The molecular weight excluding hydrogens is 511 g/mol. The Morgan fingerprint density at radius 3 is 2.60 bits per heavy atom. The standard InChI is InChI=1S/C22H30N4O2S.HI/c1-5-23-21(24-14-22(12-13-22)17-10-8-7-9-11-17)26-16(4)19-25-15(3)18(29-19)20(27)28-6-2;/h7-11,16H,5-6,12-14H2,1-4H3,(H2,23,24,26);1H. The maximum absolute atomic E-state index is 12.1. The number of benzene rings is 1. The summed E-state index contributed by atoms with van der Waals surface area (Å²) in [5, 5.41) is 7.60. The van der Waals surface area contributed by atoms with Gasteiger partial charge in [-0.05, 0) is 46.1 Å². The molecule has 1 atom stereocenters. The normalized spacial score (nSPS) is 15.7. The number of aryl methyl sites for hydroxylation is 1. The summed E-state index contributed by atoms with van der Waals surface area (Å²) in [4.78, 5) is 22.1. The molecule has 1 fully saturated rings. The second-order valence-electron chi connectivity index (χ2n) is 7.39. The van der Waals surface area contributed by atoms with Crippen LogP contribution in [-0.4, -0.2) is 36.6 Å². The molecule has 0 spiro atoms. The number of rotatable bonds is 8.